The van der Waals surface area contributed by atoms with Crippen molar-refractivity contribution in [3.8, 4) is 0 Å². The predicted molar refractivity (Wildman–Crippen MR) is 56.9 cm³/mol. The summed E-state index contributed by atoms with van der Waals surface area (Å²) >= 11 is 0. The van der Waals surface area contributed by atoms with Crippen LogP contribution < -0.4 is 4.90 Å². The minimum atomic E-state index is -0.799. The molecule has 0 atom stereocenters. The summed E-state index contributed by atoms with van der Waals surface area (Å²) < 4.78 is 0. The first kappa shape index (κ1) is 11.4. The molecule has 15 heavy (non-hydrogen) atoms. The highest BCUT2D eigenvalue weighted by Gasteiger charge is 2.05. The molecule has 1 N–H and O–H groups in total. The van der Waals surface area contributed by atoms with E-state index in [4.69, 9.17) is 5.11 Å². The molecule has 0 saturated heterocycles. The normalized spacial score (nSPS) is 10.0. The number of aryl methyl sites for hydroxylation is 1. The molecular formula is C10H15N3O2. The smallest absolute Gasteiger partial charge is 0.305 e. The molecule has 0 aliphatic carbocycles. The number of aliphatic carboxylic acids is 1. The standard InChI is InChI=1S/C10H15N3O2/c1-3-8-6-9(12-7-11-8)13(2)5-4-10(14)15/h6-7H,3-5H2,1-2H3,(H,14,15). The second-order valence-corrected chi connectivity index (χ2v) is 3.29. The van der Waals surface area contributed by atoms with E-state index in [2.05, 4.69) is 9.97 Å². The quantitative estimate of drug-likeness (QED) is 0.782. The second kappa shape index (κ2) is 5.29. The number of hydrogen-bond donors (Lipinski definition) is 1. The lowest BCUT2D eigenvalue weighted by Gasteiger charge is -2.16. The Bertz CT molecular complexity index is 341. The maximum atomic E-state index is 10.4. The zero-order valence-electron chi connectivity index (χ0n) is 8.97. The molecule has 0 amide bonds. The third kappa shape index (κ3) is 3.53. The fourth-order valence-corrected chi connectivity index (χ4v) is 1.17. The maximum Gasteiger partial charge on any atom is 0.305 e. The molecule has 0 fully saturated rings. The molecule has 0 spiro atoms. The van der Waals surface area contributed by atoms with Crippen LogP contribution >= 0.6 is 0 Å². The van der Waals surface area contributed by atoms with Crippen molar-refractivity contribution in [3.05, 3.63) is 18.1 Å². The van der Waals surface area contributed by atoms with Crippen LogP contribution in [0.15, 0.2) is 12.4 Å². The molecule has 0 aromatic carbocycles. The van der Waals surface area contributed by atoms with E-state index in [1.54, 1.807) is 0 Å². The van der Waals surface area contributed by atoms with Crippen LogP contribution in [0.5, 0.6) is 0 Å². The Labute approximate surface area is 88.8 Å². The van der Waals surface area contributed by atoms with E-state index >= 15 is 0 Å². The minimum Gasteiger partial charge on any atom is -0.481 e. The molecule has 0 aliphatic rings. The monoisotopic (exact) mass is 209 g/mol. The van der Waals surface area contributed by atoms with Gasteiger partial charge in [0.1, 0.15) is 12.1 Å². The summed E-state index contributed by atoms with van der Waals surface area (Å²) in [6, 6.07) is 1.88. The molecule has 1 heterocycles. The van der Waals surface area contributed by atoms with Crippen molar-refractivity contribution in [2.24, 2.45) is 0 Å². The summed E-state index contributed by atoms with van der Waals surface area (Å²) in [5, 5.41) is 8.55. The molecular weight excluding hydrogens is 194 g/mol. The molecule has 1 aromatic rings. The van der Waals surface area contributed by atoms with Crippen LogP contribution in [0, 0.1) is 0 Å². The Morgan fingerprint density at radius 1 is 1.53 bits per heavy atom. The van der Waals surface area contributed by atoms with Crippen molar-refractivity contribution >= 4 is 11.8 Å². The molecule has 5 nitrogen and oxygen atoms in total. The highest BCUT2D eigenvalue weighted by Crippen LogP contribution is 2.09. The molecule has 0 saturated carbocycles. The van der Waals surface area contributed by atoms with Crippen LogP contribution in [-0.4, -0.2) is 34.6 Å². The van der Waals surface area contributed by atoms with Crippen molar-refractivity contribution in [2.75, 3.05) is 18.5 Å². The van der Waals surface area contributed by atoms with Crippen molar-refractivity contribution in [2.45, 2.75) is 19.8 Å². The van der Waals surface area contributed by atoms with Crippen molar-refractivity contribution in [1.82, 2.24) is 9.97 Å². The van der Waals surface area contributed by atoms with Gasteiger partial charge in [0.25, 0.3) is 0 Å². The summed E-state index contributed by atoms with van der Waals surface area (Å²) in [6.45, 7) is 2.47. The Balaban J connectivity index is 2.64. The minimum absolute atomic E-state index is 0.113. The van der Waals surface area contributed by atoms with Crippen molar-refractivity contribution in [3.63, 3.8) is 0 Å². The Morgan fingerprint density at radius 3 is 2.87 bits per heavy atom. The SMILES string of the molecule is CCc1cc(N(C)CCC(=O)O)ncn1. The zero-order valence-corrected chi connectivity index (χ0v) is 8.97. The Kier molecular flexibility index (Phi) is 4.03. The number of nitrogens with zero attached hydrogens (tertiary/aromatic N) is 3. The Hall–Kier alpha value is -1.65. The summed E-state index contributed by atoms with van der Waals surface area (Å²) in [5.74, 6) is -0.0327. The molecule has 82 valence electrons. The number of carboxylic acid groups (broad SMARTS) is 1. The third-order valence-corrected chi connectivity index (χ3v) is 2.12. The zero-order chi connectivity index (χ0) is 11.3. The third-order valence-electron chi connectivity index (χ3n) is 2.12. The fourth-order valence-electron chi connectivity index (χ4n) is 1.17. The van der Waals surface area contributed by atoms with E-state index < -0.39 is 5.97 Å². The van der Waals surface area contributed by atoms with E-state index in [0.29, 0.717) is 6.54 Å². The van der Waals surface area contributed by atoms with Gasteiger partial charge >= 0.3 is 5.97 Å². The highest BCUT2D eigenvalue weighted by atomic mass is 16.4. The Morgan fingerprint density at radius 2 is 2.27 bits per heavy atom. The van der Waals surface area contributed by atoms with Crippen LogP contribution in [0.2, 0.25) is 0 Å². The van der Waals surface area contributed by atoms with Crippen LogP contribution in [0.25, 0.3) is 0 Å². The van der Waals surface area contributed by atoms with Gasteiger partial charge in [-0.15, -0.1) is 0 Å². The second-order valence-electron chi connectivity index (χ2n) is 3.29. The van der Waals surface area contributed by atoms with E-state index in [1.165, 1.54) is 6.33 Å². The average Bonchev–Trinajstić information content (AvgIpc) is 2.26. The van der Waals surface area contributed by atoms with E-state index in [9.17, 15) is 4.79 Å². The molecule has 0 aliphatic heterocycles. The average molecular weight is 209 g/mol. The summed E-state index contributed by atoms with van der Waals surface area (Å²) in [4.78, 5) is 20.4. The van der Waals surface area contributed by atoms with Gasteiger partial charge in [-0.2, -0.15) is 0 Å². The summed E-state index contributed by atoms with van der Waals surface area (Å²) in [7, 11) is 1.82. The molecule has 1 rings (SSSR count). The van der Waals surface area contributed by atoms with Crippen molar-refractivity contribution < 1.29 is 9.90 Å². The molecule has 5 heteroatoms. The van der Waals surface area contributed by atoms with Crippen LogP contribution in [0.1, 0.15) is 19.0 Å². The first-order valence-electron chi connectivity index (χ1n) is 4.87. The number of rotatable bonds is 5. The molecule has 0 unspecified atom stereocenters. The lowest BCUT2D eigenvalue weighted by atomic mass is 10.3. The van der Waals surface area contributed by atoms with E-state index in [1.807, 2.05) is 24.9 Å². The summed E-state index contributed by atoms with van der Waals surface area (Å²) in [6.07, 6.45) is 2.47. The highest BCUT2D eigenvalue weighted by molar-refractivity contribution is 5.67. The van der Waals surface area contributed by atoms with Gasteiger partial charge in [-0.05, 0) is 6.42 Å². The van der Waals surface area contributed by atoms with Crippen LogP contribution in [0.3, 0.4) is 0 Å². The molecule has 0 radical (unpaired) electrons. The predicted octanol–water partition coefficient (Wildman–Crippen LogP) is 0.950. The van der Waals surface area contributed by atoms with Crippen LogP contribution in [-0.2, 0) is 11.2 Å². The van der Waals surface area contributed by atoms with Crippen LogP contribution in [0.4, 0.5) is 5.82 Å². The largest absolute Gasteiger partial charge is 0.481 e. The van der Waals surface area contributed by atoms with Gasteiger partial charge in [0.15, 0.2) is 0 Å². The maximum absolute atomic E-state index is 10.4. The summed E-state index contributed by atoms with van der Waals surface area (Å²) in [5.41, 5.74) is 0.960. The topological polar surface area (TPSA) is 66.3 Å². The lowest BCUT2D eigenvalue weighted by molar-refractivity contribution is -0.136. The van der Waals surface area contributed by atoms with Gasteiger partial charge in [-0.3, -0.25) is 4.79 Å². The van der Waals surface area contributed by atoms with Gasteiger partial charge in [0.05, 0.1) is 6.42 Å². The number of hydrogen-bond acceptors (Lipinski definition) is 4. The first-order valence-corrected chi connectivity index (χ1v) is 4.87. The number of carbonyl (C=O) groups is 1. The van der Waals surface area contributed by atoms with Gasteiger partial charge in [0.2, 0.25) is 0 Å². The van der Waals surface area contributed by atoms with Gasteiger partial charge < -0.3 is 10.0 Å². The van der Waals surface area contributed by atoms with Gasteiger partial charge in [-0.1, -0.05) is 6.92 Å². The number of aromatic nitrogens is 2. The number of carboxylic acids is 1. The van der Waals surface area contributed by atoms with Crippen molar-refractivity contribution in [1.29, 1.82) is 0 Å². The van der Waals surface area contributed by atoms with Gasteiger partial charge in [0, 0.05) is 25.4 Å². The molecule has 0 bridgehead atoms. The molecule has 1 aromatic heterocycles. The van der Waals surface area contributed by atoms with Gasteiger partial charge in [-0.25, -0.2) is 9.97 Å². The fraction of sp³-hybridized carbons (Fsp3) is 0.500. The first-order chi connectivity index (χ1) is 7.13. The lowest BCUT2D eigenvalue weighted by Crippen LogP contribution is -2.22. The van der Waals surface area contributed by atoms with E-state index in [0.717, 1.165) is 17.9 Å². The number of anilines is 1. The van der Waals surface area contributed by atoms with E-state index in [-0.39, 0.29) is 6.42 Å².